The molecular weight excluding hydrogens is 344 g/mol. The summed E-state index contributed by atoms with van der Waals surface area (Å²) in [4.78, 5) is 24.0. The fourth-order valence-corrected chi connectivity index (χ4v) is 5.07. The number of hydrogen-bond donors (Lipinski definition) is 2. The summed E-state index contributed by atoms with van der Waals surface area (Å²) in [6, 6.07) is -0.232. The van der Waals surface area contributed by atoms with Gasteiger partial charge in [-0.25, -0.2) is 13.2 Å². The van der Waals surface area contributed by atoms with E-state index in [2.05, 4.69) is 10.6 Å². The maximum Gasteiger partial charge on any atom is 0.407 e. The second kappa shape index (κ2) is 7.93. The molecule has 1 saturated heterocycles. The third-order valence-corrected chi connectivity index (χ3v) is 6.50. The minimum Gasteiger partial charge on any atom is -0.444 e. The Balaban J connectivity index is 1.67. The van der Waals surface area contributed by atoms with Crippen molar-refractivity contribution in [2.45, 2.75) is 64.5 Å². The standard InChI is InChI=1S/C17H30N2O5S/c1-17(2,3)24-16(21)18-10-12-4-6-13(7-5-12)15(20)19-14-8-9-25(22,23)11-14/h12-14H,4-11H2,1-3H3,(H,18,21)(H,19,20)/t12?,13?,14-/m1/s1. The van der Waals surface area contributed by atoms with E-state index in [0.29, 0.717) is 18.9 Å². The van der Waals surface area contributed by atoms with Crippen LogP contribution in [0, 0.1) is 11.8 Å². The van der Waals surface area contributed by atoms with Gasteiger partial charge in [-0.1, -0.05) is 0 Å². The molecule has 0 aromatic rings. The van der Waals surface area contributed by atoms with Crippen LogP contribution in [0.3, 0.4) is 0 Å². The average molecular weight is 375 g/mol. The first kappa shape index (κ1) is 20.0. The van der Waals surface area contributed by atoms with Crippen LogP contribution >= 0.6 is 0 Å². The zero-order chi connectivity index (χ0) is 18.7. The highest BCUT2D eigenvalue weighted by Crippen LogP contribution is 2.29. The van der Waals surface area contributed by atoms with E-state index in [0.717, 1.165) is 25.7 Å². The molecule has 0 aromatic carbocycles. The molecule has 2 aliphatic rings. The van der Waals surface area contributed by atoms with Crippen LogP contribution in [0.1, 0.15) is 52.9 Å². The molecule has 0 aromatic heterocycles. The summed E-state index contributed by atoms with van der Waals surface area (Å²) in [5, 5.41) is 5.68. The van der Waals surface area contributed by atoms with E-state index < -0.39 is 21.5 Å². The Kier molecular flexibility index (Phi) is 6.35. The van der Waals surface area contributed by atoms with Gasteiger partial charge in [0, 0.05) is 18.5 Å². The lowest BCUT2D eigenvalue weighted by Gasteiger charge is -2.29. The van der Waals surface area contributed by atoms with Gasteiger partial charge < -0.3 is 15.4 Å². The molecule has 25 heavy (non-hydrogen) atoms. The van der Waals surface area contributed by atoms with Gasteiger partial charge in [-0.2, -0.15) is 0 Å². The number of nitrogens with one attached hydrogen (secondary N) is 2. The molecule has 2 amide bonds. The van der Waals surface area contributed by atoms with Gasteiger partial charge in [0.05, 0.1) is 11.5 Å². The maximum atomic E-state index is 12.3. The SMILES string of the molecule is CC(C)(C)OC(=O)NCC1CCC(C(=O)N[C@@H]2CCS(=O)(=O)C2)CC1. The molecule has 1 saturated carbocycles. The Labute approximate surface area is 150 Å². The molecule has 2 rings (SSSR count). The zero-order valence-corrected chi connectivity index (χ0v) is 16.2. The Hall–Kier alpha value is -1.31. The van der Waals surface area contributed by atoms with E-state index in [4.69, 9.17) is 4.74 Å². The van der Waals surface area contributed by atoms with Crippen molar-refractivity contribution in [2.24, 2.45) is 11.8 Å². The van der Waals surface area contributed by atoms with Gasteiger partial charge in [-0.3, -0.25) is 4.79 Å². The Morgan fingerprint density at radius 3 is 2.24 bits per heavy atom. The summed E-state index contributed by atoms with van der Waals surface area (Å²) in [6.45, 7) is 6.04. The number of sulfone groups is 1. The summed E-state index contributed by atoms with van der Waals surface area (Å²) in [6.07, 6.45) is 3.39. The topological polar surface area (TPSA) is 102 Å². The summed E-state index contributed by atoms with van der Waals surface area (Å²) < 4.78 is 28.1. The Morgan fingerprint density at radius 2 is 1.72 bits per heavy atom. The molecule has 1 aliphatic heterocycles. The molecule has 1 aliphatic carbocycles. The van der Waals surface area contributed by atoms with Crippen molar-refractivity contribution in [3.8, 4) is 0 Å². The monoisotopic (exact) mass is 374 g/mol. The molecule has 1 heterocycles. The number of carbonyl (C=O) groups is 2. The third kappa shape index (κ3) is 6.84. The van der Waals surface area contributed by atoms with Gasteiger partial charge >= 0.3 is 6.09 Å². The van der Waals surface area contributed by atoms with Gasteiger partial charge in [0.15, 0.2) is 9.84 Å². The Morgan fingerprint density at radius 1 is 1.08 bits per heavy atom. The van der Waals surface area contributed by atoms with Gasteiger partial charge in [0.1, 0.15) is 5.60 Å². The second-order valence-electron chi connectivity index (χ2n) is 8.21. The first-order valence-electron chi connectivity index (χ1n) is 9.02. The van der Waals surface area contributed by atoms with Crippen molar-refractivity contribution in [3.63, 3.8) is 0 Å². The largest absolute Gasteiger partial charge is 0.444 e. The van der Waals surface area contributed by atoms with Gasteiger partial charge in [-0.15, -0.1) is 0 Å². The van der Waals surface area contributed by atoms with E-state index in [-0.39, 0.29) is 29.4 Å². The summed E-state index contributed by atoms with van der Waals surface area (Å²) >= 11 is 0. The van der Waals surface area contributed by atoms with Crippen molar-refractivity contribution < 1.29 is 22.7 Å². The molecule has 8 heteroatoms. The smallest absolute Gasteiger partial charge is 0.407 e. The van der Waals surface area contributed by atoms with Gasteiger partial charge in [-0.05, 0) is 58.8 Å². The van der Waals surface area contributed by atoms with Crippen LogP contribution in [0.15, 0.2) is 0 Å². The minimum absolute atomic E-state index is 0.0272. The van der Waals surface area contributed by atoms with Crippen LogP contribution in [0.2, 0.25) is 0 Å². The van der Waals surface area contributed by atoms with Crippen molar-refractivity contribution in [2.75, 3.05) is 18.1 Å². The second-order valence-corrected chi connectivity index (χ2v) is 10.4. The average Bonchev–Trinajstić information content (AvgIpc) is 2.83. The fourth-order valence-electron chi connectivity index (χ4n) is 3.40. The highest BCUT2D eigenvalue weighted by atomic mass is 32.2. The molecule has 0 unspecified atom stereocenters. The molecular formula is C17H30N2O5S. The summed E-state index contributed by atoms with van der Waals surface area (Å²) in [5.41, 5.74) is -0.506. The fraction of sp³-hybridized carbons (Fsp3) is 0.882. The lowest BCUT2D eigenvalue weighted by atomic mass is 9.81. The Bertz CT molecular complexity index is 589. The number of alkyl carbamates (subject to hydrolysis) is 1. The normalized spacial score (nSPS) is 29.0. The number of ether oxygens (including phenoxy) is 1. The van der Waals surface area contributed by atoms with Crippen molar-refractivity contribution in [1.29, 1.82) is 0 Å². The van der Waals surface area contributed by atoms with Crippen molar-refractivity contribution in [1.82, 2.24) is 10.6 Å². The van der Waals surface area contributed by atoms with Crippen LogP contribution in [0.25, 0.3) is 0 Å². The summed E-state index contributed by atoms with van der Waals surface area (Å²) in [5.74, 6) is 0.500. The molecule has 0 bridgehead atoms. The van der Waals surface area contributed by atoms with Gasteiger partial charge in [0.25, 0.3) is 0 Å². The van der Waals surface area contributed by atoms with Crippen LogP contribution in [-0.4, -0.2) is 50.1 Å². The predicted molar refractivity (Wildman–Crippen MR) is 94.9 cm³/mol. The quantitative estimate of drug-likeness (QED) is 0.779. The van der Waals surface area contributed by atoms with E-state index in [1.54, 1.807) is 0 Å². The van der Waals surface area contributed by atoms with Crippen LogP contribution in [-0.2, 0) is 19.4 Å². The highest BCUT2D eigenvalue weighted by Gasteiger charge is 2.32. The molecule has 144 valence electrons. The van der Waals surface area contributed by atoms with Gasteiger partial charge in [0.2, 0.25) is 5.91 Å². The third-order valence-electron chi connectivity index (χ3n) is 4.73. The first-order chi connectivity index (χ1) is 11.5. The van der Waals surface area contributed by atoms with Crippen molar-refractivity contribution in [3.05, 3.63) is 0 Å². The molecule has 0 spiro atoms. The maximum absolute atomic E-state index is 12.3. The molecule has 2 fully saturated rings. The first-order valence-corrected chi connectivity index (χ1v) is 10.8. The lowest BCUT2D eigenvalue weighted by molar-refractivity contribution is -0.126. The molecule has 0 radical (unpaired) electrons. The van der Waals surface area contributed by atoms with Crippen LogP contribution in [0.5, 0.6) is 0 Å². The van der Waals surface area contributed by atoms with Crippen LogP contribution < -0.4 is 10.6 Å². The summed E-state index contributed by atoms with van der Waals surface area (Å²) in [7, 11) is -2.98. The minimum atomic E-state index is -2.98. The zero-order valence-electron chi connectivity index (χ0n) is 15.3. The van der Waals surface area contributed by atoms with E-state index >= 15 is 0 Å². The lowest BCUT2D eigenvalue weighted by Crippen LogP contribution is -2.41. The van der Waals surface area contributed by atoms with E-state index in [9.17, 15) is 18.0 Å². The highest BCUT2D eigenvalue weighted by molar-refractivity contribution is 7.91. The predicted octanol–water partition coefficient (Wildman–Crippen LogP) is 1.62. The molecule has 1 atom stereocenters. The van der Waals surface area contributed by atoms with E-state index in [1.807, 2.05) is 20.8 Å². The van der Waals surface area contributed by atoms with Crippen molar-refractivity contribution >= 4 is 21.8 Å². The number of amides is 2. The number of rotatable bonds is 4. The molecule has 2 N–H and O–H groups in total. The van der Waals surface area contributed by atoms with E-state index in [1.165, 1.54) is 0 Å². The molecule has 7 nitrogen and oxygen atoms in total. The number of carbonyl (C=O) groups excluding carboxylic acids is 2. The van der Waals surface area contributed by atoms with Crippen LogP contribution in [0.4, 0.5) is 4.79 Å². The number of hydrogen-bond acceptors (Lipinski definition) is 5.